The minimum Gasteiger partial charge on any atom is -1.00 e. The van der Waals surface area contributed by atoms with Crippen molar-refractivity contribution in [3.8, 4) is 5.75 Å². The Morgan fingerprint density at radius 1 is 0.781 bits per heavy atom. The number of phenols is 1. The zero-order valence-corrected chi connectivity index (χ0v) is 22.3. The summed E-state index contributed by atoms with van der Waals surface area (Å²) in [6.45, 7) is 13.6. The van der Waals surface area contributed by atoms with Gasteiger partial charge in [0, 0.05) is 23.5 Å². The molecule has 0 saturated carbocycles. The second-order valence-electron chi connectivity index (χ2n) is 9.47. The molecule has 0 aliphatic carbocycles. The molecule has 0 radical (unpaired) electrons. The lowest BCUT2D eigenvalue weighted by atomic mass is 9.86. The molecule has 0 spiro atoms. The van der Waals surface area contributed by atoms with Crippen molar-refractivity contribution >= 4 is 0 Å². The lowest BCUT2D eigenvalue weighted by molar-refractivity contribution is -0.979. The number of aromatic hydroxyl groups is 1. The molecule has 32 heavy (non-hydrogen) atoms. The third kappa shape index (κ3) is 6.14. The molecule has 2 nitrogen and oxygen atoms in total. The molecule has 0 saturated heterocycles. The molecule has 0 unspecified atom stereocenters. The molecule has 0 aromatic heterocycles. The van der Waals surface area contributed by atoms with Crippen molar-refractivity contribution in [1.29, 1.82) is 0 Å². The molecular weight excluding hydrogens is 505 g/mol. The average Bonchev–Trinajstić information content (AvgIpc) is 2.76. The SMILES string of the molecule is Cc1ccc(O)c([C@H](CC[N+](Cc2ccccc2)(C(C)C)C(C)C)c2ccccc2)c1.[I-]. The van der Waals surface area contributed by atoms with E-state index in [0.717, 1.165) is 29.6 Å². The van der Waals surface area contributed by atoms with Crippen LogP contribution in [0, 0.1) is 6.92 Å². The first-order valence-corrected chi connectivity index (χ1v) is 11.6. The Balaban J connectivity index is 0.00000363. The van der Waals surface area contributed by atoms with Gasteiger partial charge < -0.3 is 33.6 Å². The Kier molecular flexibility index (Phi) is 9.78. The van der Waals surface area contributed by atoms with E-state index in [1.165, 1.54) is 16.7 Å². The highest BCUT2D eigenvalue weighted by Crippen LogP contribution is 2.37. The van der Waals surface area contributed by atoms with Gasteiger partial charge in [-0.3, -0.25) is 0 Å². The Hall–Kier alpha value is -1.85. The molecule has 3 aromatic carbocycles. The highest BCUT2D eigenvalue weighted by Gasteiger charge is 2.36. The molecule has 0 aliphatic heterocycles. The van der Waals surface area contributed by atoms with Crippen LogP contribution in [0.4, 0.5) is 0 Å². The van der Waals surface area contributed by atoms with Crippen LogP contribution in [0.2, 0.25) is 0 Å². The third-order valence-corrected chi connectivity index (χ3v) is 6.97. The first-order chi connectivity index (χ1) is 14.8. The first-order valence-electron chi connectivity index (χ1n) is 11.6. The maximum Gasteiger partial charge on any atom is 0.119 e. The lowest BCUT2D eigenvalue weighted by Crippen LogP contribution is -3.00. The second-order valence-corrected chi connectivity index (χ2v) is 9.47. The second kappa shape index (κ2) is 11.9. The summed E-state index contributed by atoms with van der Waals surface area (Å²) in [6, 6.07) is 28.5. The normalized spacial score (nSPS) is 12.6. The maximum absolute atomic E-state index is 10.7. The molecule has 3 heteroatoms. The number of rotatable bonds is 9. The van der Waals surface area contributed by atoms with Crippen LogP contribution in [-0.2, 0) is 6.54 Å². The molecule has 3 aromatic rings. The van der Waals surface area contributed by atoms with Gasteiger partial charge in [-0.1, -0.05) is 78.4 Å². The zero-order chi connectivity index (χ0) is 22.4. The number of nitrogens with zero attached hydrogens (tertiary/aromatic N) is 1. The van der Waals surface area contributed by atoms with Crippen LogP contribution >= 0.6 is 0 Å². The number of aryl methyl sites for hydroxylation is 1. The number of hydrogen-bond acceptors (Lipinski definition) is 1. The van der Waals surface area contributed by atoms with Crippen molar-refractivity contribution in [3.05, 3.63) is 101 Å². The maximum atomic E-state index is 10.7. The van der Waals surface area contributed by atoms with Gasteiger partial charge in [0.1, 0.15) is 12.3 Å². The highest BCUT2D eigenvalue weighted by molar-refractivity contribution is 5.43. The number of hydrogen-bond donors (Lipinski definition) is 1. The third-order valence-electron chi connectivity index (χ3n) is 6.97. The quantitative estimate of drug-likeness (QED) is 0.319. The minimum absolute atomic E-state index is 0. The summed E-state index contributed by atoms with van der Waals surface area (Å²) >= 11 is 0. The van der Waals surface area contributed by atoms with Crippen LogP contribution in [0.15, 0.2) is 78.9 Å². The van der Waals surface area contributed by atoms with E-state index in [2.05, 4.69) is 101 Å². The van der Waals surface area contributed by atoms with E-state index in [9.17, 15) is 5.11 Å². The largest absolute Gasteiger partial charge is 1.00 e. The summed E-state index contributed by atoms with van der Waals surface area (Å²) in [6.07, 6.45) is 0.990. The summed E-state index contributed by atoms with van der Waals surface area (Å²) in [5.74, 6) is 0.571. The topological polar surface area (TPSA) is 20.2 Å². The Labute approximate surface area is 211 Å². The minimum atomic E-state index is 0. The number of benzene rings is 3. The Morgan fingerprint density at radius 2 is 1.34 bits per heavy atom. The van der Waals surface area contributed by atoms with Gasteiger partial charge in [0.25, 0.3) is 0 Å². The molecule has 0 fully saturated rings. The van der Waals surface area contributed by atoms with Crippen LogP contribution < -0.4 is 24.0 Å². The van der Waals surface area contributed by atoms with Crippen molar-refractivity contribution in [2.24, 2.45) is 0 Å². The molecule has 1 atom stereocenters. The zero-order valence-electron chi connectivity index (χ0n) is 20.1. The number of quaternary nitrogens is 1. The lowest BCUT2D eigenvalue weighted by Gasteiger charge is -2.47. The van der Waals surface area contributed by atoms with Crippen molar-refractivity contribution in [1.82, 2.24) is 0 Å². The number of halogens is 1. The van der Waals surface area contributed by atoms with Crippen molar-refractivity contribution < 1.29 is 33.6 Å². The van der Waals surface area contributed by atoms with Crippen LogP contribution in [0.1, 0.15) is 62.3 Å². The predicted octanol–water partition coefficient (Wildman–Crippen LogP) is 4.06. The van der Waals surface area contributed by atoms with Crippen LogP contribution in [0.25, 0.3) is 0 Å². The smallest absolute Gasteiger partial charge is 0.119 e. The van der Waals surface area contributed by atoms with Crippen molar-refractivity contribution in [3.63, 3.8) is 0 Å². The molecular formula is C29H38INO. The van der Waals surface area contributed by atoms with E-state index in [0.29, 0.717) is 17.8 Å². The van der Waals surface area contributed by atoms with Crippen LogP contribution in [0.3, 0.4) is 0 Å². The molecule has 1 N–H and O–H groups in total. The van der Waals surface area contributed by atoms with E-state index in [-0.39, 0.29) is 29.9 Å². The van der Waals surface area contributed by atoms with Gasteiger partial charge >= 0.3 is 0 Å². The van der Waals surface area contributed by atoms with Crippen molar-refractivity contribution in [2.75, 3.05) is 6.54 Å². The summed E-state index contributed by atoms with van der Waals surface area (Å²) in [7, 11) is 0. The highest BCUT2D eigenvalue weighted by atomic mass is 127. The van der Waals surface area contributed by atoms with Gasteiger partial charge in [0.2, 0.25) is 0 Å². The summed E-state index contributed by atoms with van der Waals surface area (Å²) in [5.41, 5.74) is 4.89. The fraction of sp³-hybridized carbons (Fsp3) is 0.379. The van der Waals surface area contributed by atoms with Gasteiger partial charge in [-0.05, 0) is 46.2 Å². The van der Waals surface area contributed by atoms with E-state index in [1.54, 1.807) is 0 Å². The van der Waals surface area contributed by atoms with Gasteiger partial charge in [-0.2, -0.15) is 0 Å². The Morgan fingerprint density at radius 3 is 1.91 bits per heavy atom. The summed E-state index contributed by atoms with van der Waals surface area (Å²) in [5, 5.41) is 10.7. The molecule has 3 rings (SSSR count). The molecule has 172 valence electrons. The van der Waals surface area contributed by atoms with E-state index in [4.69, 9.17) is 0 Å². The molecule has 0 bridgehead atoms. The first kappa shape index (κ1) is 26.4. The molecule has 0 aliphatic rings. The van der Waals surface area contributed by atoms with Gasteiger partial charge in [0.05, 0.1) is 18.6 Å². The summed E-state index contributed by atoms with van der Waals surface area (Å²) in [4.78, 5) is 0. The monoisotopic (exact) mass is 543 g/mol. The van der Waals surface area contributed by atoms with E-state index in [1.807, 2.05) is 12.1 Å². The average molecular weight is 544 g/mol. The van der Waals surface area contributed by atoms with Crippen molar-refractivity contribution in [2.45, 2.75) is 65.6 Å². The van der Waals surface area contributed by atoms with Gasteiger partial charge in [-0.15, -0.1) is 0 Å². The van der Waals surface area contributed by atoms with Gasteiger partial charge in [-0.25, -0.2) is 0 Å². The molecule has 0 heterocycles. The van der Waals surface area contributed by atoms with Crippen LogP contribution in [-0.4, -0.2) is 28.2 Å². The van der Waals surface area contributed by atoms with Gasteiger partial charge in [0.15, 0.2) is 0 Å². The molecule has 0 amide bonds. The fourth-order valence-electron chi connectivity index (χ4n) is 4.99. The fourth-order valence-corrected chi connectivity index (χ4v) is 4.99. The van der Waals surface area contributed by atoms with Crippen LogP contribution in [0.5, 0.6) is 5.75 Å². The summed E-state index contributed by atoms with van der Waals surface area (Å²) < 4.78 is 1.03. The standard InChI is InChI=1S/C29H37NO.HI/c1-22(2)30(23(3)4,21-25-12-8-6-9-13-25)19-18-27(26-14-10-7-11-15-26)28-20-24(5)16-17-29(28)31;/h6-17,20,22-23,27H,18-19,21H2,1-5H3;1H/t27-;/m1./s1. The number of phenolic OH excluding ortho intramolecular Hbond substituents is 1. The Bertz CT molecular complexity index is 945. The van der Waals surface area contributed by atoms with E-state index >= 15 is 0 Å². The predicted molar refractivity (Wildman–Crippen MR) is 131 cm³/mol. The van der Waals surface area contributed by atoms with E-state index < -0.39 is 0 Å².